The van der Waals surface area contributed by atoms with Crippen LogP contribution in [0.1, 0.15) is 17.0 Å². The van der Waals surface area contributed by atoms with Gasteiger partial charge >= 0.3 is 0 Å². The number of para-hydroxylation sites is 2. The smallest absolute Gasteiger partial charge is 0.244 e. The van der Waals surface area contributed by atoms with Crippen molar-refractivity contribution in [2.45, 2.75) is 13.5 Å². The number of hydrogen-bond acceptors (Lipinski definition) is 2. The van der Waals surface area contributed by atoms with Crippen LogP contribution in [0.3, 0.4) is 0 Å². The van der Waals surface area contributed by atoms with E-state index in [1.165, 1.54) is 0 Å². The molecular formula is C19H19N3O. The van der Waals surface area contributed by atoms with Gasteiger partial charge in [-0.2, -0.15) is 0 Å². The molecule has 3 aromatic rings. The van der Waals surface area contributed by atoms with Crippen molar-refractivity contribution in [3.63, 3.8) is 0 Å². The lowest BCUT2D eigenvalue weighted by Crippen LogP contribution is -2.22. The lowest BCUT2D eigenvalue weighted by Gasteiger charge is -2.03. The molecule has 3 rings (SSSR count). The van der Waals surface area contributed by atoms with E-state index in [0.717, 1.165) is 28.0 Å². The molecule has 0 aliphatic rings. The van der Waals surface area contributed by atoms with Crippen molar-refractivity contribution in [3.05, 3.63) is 71.6 Å². The van der Waals surface area contributed by atoms with E-state index in [1.807, 2.05) is 73.1 Å². The summed E-state index contributed by atoms with van der Waals surface area (Å²) in [5.74, 6) is 0.712. The SMILES string of the molecule is Cc1ccccc1/C=C/C(=O)NCc1nc2ccccc2n1C. The second-order valence-corrected chi connectivity index (χ2v) is 5.48. The van der Waals surface area contributed by atoms with Crippen molar-refractivity contribution in [2.75, 3.05) is 0 Å². The maximum absolute atomic E-state index is 12.0. The molecule has 1 N–H and O–H groups in total. The van der Waals surface area contributed by atoms with Crippen LogP contribution in [0.15, 0.2) is 54.6 Å². The van der Waals surface area contributed by atoms with E-state index in [4.69, 9.17) is 0 Å². The van der Waals surface area contributed by atoms with Crippen molar-refractivity contribution < 1.29 is 4.79 Å². The minimum absolute atomic E-state index is 0.125. The second-order valence-electron chi connectivity index (χ2n) is 5.48. The lowest BCUT2D eigenvalue weighted by atomic mass is 10.1. The van der Waals surface area contributed by atoms with E-state index in [-0.39, 0.29) is 5.91 Å². The predicted octanol–water partition coefficient (Wildman–Crippen LogP) is 3.21. The summed E-state index contributed by atoms with van der Waals surface area (Å²) in [6, 6.07) is 15.9. The molecule has 0 fully saturated rings. The molecule has 0 atom stereocenters. The summed E-state index contributed by atoms with van der Waals surface area (Å²) >= 11 is 0. The van der Waals surface area contributed by atoms with Crippen LogP contribution in [0.25, 0.3) is 17.1 Å². The maximum atomic E-state index is 12.0. The van der Waals surface area contributed by atoms with Gasteiger partial charge in [0.05, 0.1) is 17.6 Å². The normalized spacial score (nSPS) is 11.2. The summed E-state index contributed by atoms with van der Waals surface area (Å²) in [7, 11) is 1.96. The van der Waals surface area contributed by atoms with Crippen molar-refractivity contribution in [2.24, 2.45) is 7.05 Å². The van der Waals surface area contributed by atoms with Crippen molar-refractivity contribution in [1.29, 1.82) is 0 Å². The molecule has 0 unspecified atom stereocenters. The number of amides is 1. The molecule has 4 heteroatoms. The van der Waals surface area contributed by atoms with Crippen LogP contribution in [-0.4, -0.2) is 15.5 Å². The van der Waals surface area contributed by atoms with E-state index in [0.29, 0.717) is 6.54 Å². The number of nitrogens with zero attached hydrogens (tertiary/aromatic N) is 2. The summed E-state index contributed by atoms with van der Waals surface area (Å²) in [6.45, 7) is 2.43. The van der Waals surface area contributed by atoms with E-state index < -0.39 is 0 Å². The largest absolute Gasteiger partial charge is 0.345 e. The van der Waals surface area contributed by atoms with E-state index >= 15 is 0 Å². The van der Waals surface area contributed by atoms with Crippen LogP contribution < -0.4 is 5.32 Å². The van der Waals surface area contributed by atoms with Crippen LogP contribution in [0.5, 0.6) is 0 Å². The number of hydrogen-bond donors (Lipinski definition) is 1. The van der Waals surface area contributed by atoms with Gasteiger partial charge in [-0.25, -0.2) is 4.98 Å². The van der Waals surface area contributed by atoms with Crippen LogP contribution in [0.4, 0.5) is 0 Å². The van der Waals surface area contributed by atoms with Gasteiger partial charge in [-0.05, 0) is 36.3 Å². The molecule has 4 nitrogen and oxygen atoms in total. The third kappa shape index (κ3) is 3.31. The average molecular weight is 305 g/mol. The zero-order valence-electron chi connectivity index (χ0n) is 13.3. The highest BCUT2D eigenvalue weighted by Gasteiger charge is 2.07. The standard InChI is InChI=1S/C19H19N3O/c1-14-7-3-4-8-15(14)11-12-19(23)20-13-18-21-16-9-5-6-10-17(16)22(18)2/h3-12H,13H2,1-2H3,(H,20,23)/b12-11+. The topological polar surface area (TPSA) is 46.9 Å². The van der Waals surface area contributed by atoms with Crippen LogP contribution >= 0.6 is 0 Å². The first kappa shape index (κ1) is 15.0. The summed E-state index contributed by atoms with van der Waals surface area (Å²) in [6.07, 6.45) is 3.39. The molecule has 116 valence electrons. The van der Waals surface area contributed by atoms with Gasteiger partial charge < -0.3 is 9.88 Å². The zero-order valence-corrected chi connectivity index (χ0v) is 13.3. The van der Waals surface area contributed by atoms with Gasteiger partial charge in [-0.1, -0.05) is 36.4 Å². The first-order valence-corrected chi connectivity index (χ1v) is 7.57. The molecule has 0 saturated heterocycles. The molecular weight excluding hydrogens is 286 g/mol. The van der Waals surface area contributed by atoms with Crippen molar-refractivity contribution in [3.8, 4) is 0 Å². The average Bonchev–Trinajstić information content (AvgIpc) is 2.89. The first-order valence-electron chi connectivity index (χ1n) is 7.57. The molecule has 0 aliphatic carbocycles. The van der Waals surface area contributed by atoms with Crippen LogP contribution in [0.2, 0.25) is 0 Å². The molecule has 1 amide bonds. The molecule has 1 aromatic heterocycles. The zero-order chi connectivity index (χ0) is 16.2. The number of carbonyl (C=O) groups excluding carboxylic acids is 1. The van der Waals surface area contributed by atoms with E-state index in [2.05, 4.69) is 10.3 Å². The Labute approximate surface area is 135 Å². The summed E-state index contributed by atoms with van der Waals surface area (Å²) in [4.78, 5) is 16.5. The highest BCUT2D eigenvalue weighted by atomic mass is 16.1. The Balaban J connectivity index is 1.66. The van der Waals surface area contributed by atoms with Gasteiger partial charge in [0.25, 0.3) is 0 Å². The van der Waals surface area contributed by atoms with E-state index in [1.54, 1.807) is 6.08 Å². The van der Waals surface area contributed by atoms with Crippen molar-refractivity contribution >= 4 is 23.0 Å². The third-order valence-electron chi connectivity index (χ3n) is 3.90. The molecule has 0 spiro atoms. The first-order chi connectivity index (χ1) is 11.1. The minimum atomic E-state index is -0.125. The van der Waals surface area contributed by atoms with Crippen LogP contribution in [-0.2, 0) is 18.4 Å². The Morgan fingerprint density at radius 2 is 1.91 bits per heavy atom. The highest BCUT2D eigenvalue weighted by Crippen LogP contribution is 2.14. The molecule has 23 heavy (non-hydrogen) atoms. The Hall–Kier alpha value is -2.88. The highest BCUT2D eigenvalue weighted by molar-refractivity contribution is 5.91. The van der Waals surface area contributed by atoms with E-state index in [9.17, 15) is 4.79 Å². The number of aryl methyl sites for hydroxylation is 2. The van der Waals surface area contributed by atoms with Gasteiger partial charge in [0.1, 0.15) is 5.82 Å². The summed E-state index contributed by atoms with van der Waals surface area (Å²) in [5, 5.41) is 2.88. The number of benzene rings is 2. The fraction of sp³-hybridized carbons (Fsp3) is 0.158. The van der Waals surface area contributed by atoms with Gasteiger partial charge in [-0.15, -0.1) is 0 Å². The van der Waals surface area contributed by atoms with Gasteiger partial charge in [0.15, 0.2) is 0 Å². The fourth-order valence-electron chi connectivity index (χ4n) is 2.52. The molecule has 0 radical (unpaired) electrons. The third-order valence-corrected chi connectivity index (χ3v) is 3.90. The van der Waals surface area contributed by atoms with Crippen molar-refractivity contribution in [1.82, 2.24) is 14.9 Å². The summed E-state index contributed by atoms with van der Waals surface area (Å²) < 4.78 is 2.00. The minimum Gasteiger partial charge on any atom is -0.345 e. The Bertz CT molecular complexity index is 877. The van der Waals surface area contributed by atoms with Gasteiger partial charge in [-0.3, -0.25) is 4.79 Å². The Kier molecular flexibility index (Phi) is 4.24. The number of rotatable bonds is 4. The fourth-order valence-corrected chi connectivity index (χ4v) is 2.52. The van der Waals surface area contributed by atoms with Gasteiger partial charge in [0.2, 0.25) is 5.91 Å². The second kappa shape index (κ2) is 6.48. The number of aromatic nitrogens is 2. The number of carbonyl (C=O) groups is 1. The lowest BCUT2D eigenvalue weighted by molar-refractivity contribution is -0.116. The quantitative estimate of drug-likeness (QED) is 0.752. The molecule has 0 bridgehead atoms. The number of fused-ring (bicyclic) bond motifs is 1. The maximum Gasteiger partial charge on any atom is 0.244 e. The number of nitrogens with one attached hydrogen (secondary N) is 1. The molecule has 2 aromatic carbocycles. The molecule has 0 saturated carbocycles. The van der Waals surface area contributed by atoms with Crippen LogP contribution in [0, 0.1) is 6.92 Å². The van der Waals surface area contributed by atoms with Gasteiger partial charge in [0, 0.05) is 13.1 Å². The Morgan fingerprint density at radius 1 is 1.17 bits per heavy atom. The number of imidazole rings is 1. The Morgan fingerprint density at radius 3 is 2.70 bits per heavy atom. The molecule has 1 heterocycles. The monoisotopic (exact) mass is 305 g/mol. The summed E-state index contributed by atoms with van der Waals surface area (Å²) in [5.41, 5.74) is 4.19. The predicted molar refractivity (Wildman–Crippen MR) is 92.8 cm³/mol. The molecule has 0 aliphatic heterocycles.